The molecule has 0 rings (SSSR count). The van der Waals surface area contributed by atoms with Crippen molar-refractivity contribution < 1.29 is 23.8 Å². The van der Waals surface area contributed by atoms with Crippen molar-refractivity contribution in [2.75, 3.05) is 0 Å². The Balaban J connectivity index is 4.95. The number of rotatable bonds is 12. The highest BCUT2D eigenvalue weighted by Crippen LogP contribution is 2.30. The standard InChI is InChI=1S/C22H38O5/c1-11-21(9,13-17(7)25-19(23)15(3)4)26-18(8)14-22(10,12-2)27-20(24)16(5)6/h17-18H,3,5,11-14H2,1-2,4,6-10H3. The molecule has 0 saturated heterocycles. The second-order valence-electron chi connectivity index (χ2n) is 8.11. The molecule has 5 nitrogen and oxygen atoms in total. The van der Waals surface area contributed by atoms with E-state index in [9.17, 15) is 9.59 Å². The topological polar surface area (TPSA) is 61.8 Å². The molecular formula is C22H38O5. The largest absolute Gasteiger partial charge is 0.459 e. The highest BCUT2D eigenvalue weighted by Gasteiger charge is 2.34. The summed E-state index contributed by atoms with van der Waals surface area (Å²) in [6.07, 6.45) is 2.15. The van der Waals surface area contributed by atoms with Crippen LogP contribution in [0.5, 0.6) is 0 Å². The lowest BCUT2D eigenvalue weighted by Crippen LogP contribution is -2.41. The van der Waals surface area contributed by atoms with Gasteiger partial charge in [-0.3, -0.25) is 0 Å². The van der Waals surface area contributed by atoms with Crippen molar-refractivity contribution in [3.8, 4) is 0 Å². The summed E-state index contributed by atoms with van der Waals surface area (Å²) in [5.74, 6) is -0.774. The fourth-order valence-electron chi connectivity index (χ4n) is 2.91. The monoisotopic (exact) mass is 382 g/mol. The summed E-state index contributed by atoms with van der Waals surface area (Å²) in [5, 5.41) is 0. The van der Waals surface area contributed by atoms with E-state index in [4.69, 9.17) is 14.2 Å². The smallest absolute Gasteiger partial charge is 0.333 e. The Morgan fingerprint density at radius 3 is 1.70 bits per heavy atom. The van der Waals surface area contributed by atoms with Crippen LogP contribution in [0.25, 0.3) is 0 Å². The molecule has 0 N–H and O–H groups in total. The molecule has 0 spiro atoms. The molecule has 0 radical (unpaired) electrons. The van der Waals surface area contributed by atoms with E-state index in [-0.39, 0.29) is 24.1 Å². The van der Waals surface area contributed by atoms with Gasteiger partial charge in [0.25, 0.3) is 0 Å². The summed E-state index contributed by atoms with van der Waals surface area (Å²) in [4.78, 5) is 23.6. The van der Waals surface area contributed by atoms with Crippen LogP contribution in [0.15, 0.2) is 24.3 Å². The van der Waals surface area contributed by atoms with Gasteiger partial charge in [-0.05, 0) is 54.4 Å². The number of carbonyl (C=O) groups excluding carboxylic acids is 2. The lowest BCUT2D eigenvalue weighted by atomic mass is 9.92. The maximum atomic E-state index is 11.9. The van der Waals surface area contributed by atoms with Crippen LogP contribution in [0.2, 0.25) is 0 Å². The molecule has 4 unspecified atom stereocenters. The Bertz CT molecular complexity index is 553. The Hall–Kier alpha value is -1.62. The molecule has 4 atom stereocenters. The lowest BCUT2D eigenvalue weighted by molar-refractivity contribution is -0.164. The predicted octanol–water partition coefficient (Wildman–Crippen LogP) is 5.14. The second-order valence-corrected chi connectivity index (χ2v) is 8.11. The zero-order valence-electron chi connectivity index (χ0n) is 18.4. The van der Waals surface area contributed by atoms with Crippen molar-refractivity contribution in [3.05, 3.63) is 24.3 Å². The van der Waals surface area contributed by atoms with Crippen molar-refractivity contribution in [2.24, 2.45) is 0 Å². The molecule has 156 valence electrons. The first-order valence-corrected chi connectivity index (χ1v) is 9.70. The van der Waals surface area contributed by atoms with Gasteiger partial charge in [0.2, 0.25) is 0 Å². The molecule has 0 aliphatic carbocycles. The minimum atomic E-state index is -0.623. The first-order valence-electron chi connectivity index (χ1n) is 9.70. The maximum Gasteiger partial charge on any atom is 0.333 e. The zero-order valence-corrected chi connectivity index (χ0v) is 18.4. The predicted molar refractivity (Wildman–Crippen MR) is 108 cm³/mol. The third-order valence-corrected chi connectivity index (χ3v) is 4.76. The van der Waals surface area contributed by atoms with Gasteiger partial charge in [-0.1, -0.05) is 27.0 Å². The van der Waals surface area contributed by atoms with E-state index >= 15 is 0 Å². The van der Waals surface area contributed by atoms with Gasteiger partial charge in [-0.15, -0.1) is 0 Å². The fourth-order valence-corrected chi connectivity index (χ4v) is 2.91. The number of carbonyl (C=O) groups is 2. The van der Waals surface area contributed by atoms with Crippen molar-refractivity contribution in [3.63, 3.8) is 0 Å². The van der Waals surface area contributed by atoms with Crippen LogP contribution in [-0.2, 0) is 23.8 Å². The highest BCUT2D eigenvalue weighted by atomic mass is 16.6. The van der Waals surface area contributed by atoms with Gasteiger partial charge in [-0.25, -0.2) is 9.59 Å². The summed E-state index contributed by atoms with van der Waals surface area (Å²) >= 11 is 0. The Morgan fingerprint density at radius 1 is 0.852 bits per heavy atom. The van der Waals surface area contributed by atoms with Gasteiger partial charge in [0.15, 0.2) is 0 Å². The van der Waals surface area contributed by atoms with E-state index in [1.807, 2.05) is 41.5 Å². The van der Waals surface area contributed by atoms with Crippen LogP contribution >= 0.6 is 0 Å². The molecule has 0 aliphatic rings. The first-order chi connectivity index (χ1) is 12.3. The molecule has 0 fully saturated rings. The van der Waals surface area contributed by atoms with Gasteiger partial charge < -0.3 is 14.2 Å². The fraction of sp³-hybridized carbons (Fsp3) is 0.727. The number of esters is 2. The molecule has 0 aliphatic heterocycles. The Kier molecular flexibility index (Phi) is 10.0. The molecular weight excluding hydrogens is 344 g/mol. The molecule has 0 saturated carbocycles. The van der Waals surface area contributed by atoms with Crippen LogP contribution in [-0.4, -0.2) is 35.3 Å². The second kappa shape index (κ2) is 10.6. The molecule has 0 heterocycles. The summed E-state index contributed by atoms with van der Waals surface area (Å²) < 4.78 is 17.3. The Morgan fingerprint density at radius 2 is 1.30 bits per heavy atom. The van der Waals surface area contributed by atoms with Gasteiger partial charge in [0, 0.05) is 24.0 Å². The number of hydrogen-bond acceptors (Lipinski definition) is 5. The first kappa shape index (κ1) is 25.4. The van der Waals surface area contributed by atoms with Crippen LogP contribution in [0.1, 0.15) is 81.1 Å². The molecule has 0 aromatic heterocycles. The number of ether oxygens (including phenoxy) is 3. The average molecular weight is 383 g/mol. The zero-order chi connectivity index (χ0) is 21.4. The highest BCUT2D eigenvalue weighted by molar-refractivity contribution is 5.87. The van der Waals surface area contributed by atoms with Gasteiger partial charge in [-0.2, -0.15) is 0 Å². The van der Waals surface area contributed by atoms with Gasteiger partial charge in [0.05, 0.1) is 11.7 Å². The Labute approximate surface area is 165 Å². The summed E-state index contributed by atoms with van der Waals surface area (Å²) in [6, 6.07) is 0. The SMILES string of the molecule is C=C(C)C(=O)OC(C)CC(C)(CC)OC(C)CC(C)(CC)OC(=O)C(=C)C. The number of hydrogen-bond donors (Lipinski definition) is 0. The lowest BCUT2D eigenvalue weighted by Gasteiger charge is -2.37. The third kappa shape index (κ3) is 9.23. The molecule has 27 heavy (non-hydrogen) atoms. The van der Waals surface area contributed by atoms with Crippen LogP contribution in [0, 0.1) is 0 Å². The summed E-state index contributed by atoms with van der Waals surface area (Å²) in [5.41, 5.74) is -0.314. The van der Waals surface area contributed by atoms with E-state index < -0.39 is 11.2 Å². The molecule has 0 aromatic carbocycles. The van der Waals surface area contributed by atoms with Gasteiger partial charge in [0.1, 0.15) is 11.7 Å². The average Bonchev–Trinajstić information content (AvgIpc) is 2.53. The van der Waals surface area contributed by atoms with Gasteiger partial charge >= 0.3 is 11.9 Å². The van der Waals surface area contributed by atoms with Crippen molar-refractivity contribution in [1.82, 2.24) is 0 Å². The van der Waals surface area contributed by atoms with E-state index in [0.29, 0.717) is 30.4 Å². The van der Waals surface area contributed by atoms with Crippen LogP contribution in [0.4, 0.5) is 0 Å². The molecule has 0 amide bonds. The minimum Gasteiger partial charge on any atom is -0.459 e. The van der Waals surface area contributed by atoms with E-state index in [2.05, 4.69) is 13.2 Å². The van der Waals surface area contributed by atoms with E-state index in [1.165, 1.54) is 0 Å². The normalized spacial score (nSPS) is 17.8. The van der Waals surface area contributed by atoms with Crippen LogP contribution < -0.4 is 0 Å². The van der Waals surface area contributed by atoms with E-state index in [1.54, 1.807) is 13.8 Å². The van der Waals surface area contributed by atoms with Crippen molar-refractivity contribution in [1.29, 1.82) is 0 Å². The van der Waals surface area contributed by atoms with Crippen LogP contribution in [0.3, 0.4) is 0 Å². The summed E-state index contributed by atoms with van der Waals surface area (Å²) in [6.45, 7) is 22.3. The molecule has 0 bridgehead atoms. The summed E-state index contributed by atoms with van der Waals surface area (Å²) in [7, 11) is 0. The molecule has 5 heteroatoms. The molecule has 0 aromatic rings. The quantitative estimate of drug-likeness (QED) is 0.346. The van der Waals surface area contributed by atoms with E-state index in [0.717, 1.165) is 6.42 Å². The van der Waals surface area contributed by atoms with Crippen molar-refractivity contribution in [2.45, 2.75) is 104 Å². The van der Waals surface area contributed by atoms with Crippen molar-refractivity contribution >= 4 is 11.9 Å². The third-order valence-electron chi connectivity index (χ3n) is 4.76. The maximum absolute atomic E-state index is 11.9. The minimum absolute atomic E-state index is 0.137.